The molecule has 49 heavy (non-hydrogen) atoms. The number of hydrogen-bond donors (Lipinski definition) is 6. The highest BCUT2D eigenvalue weighted by atomic mass is 16.7. The Morgan fingerprint density at radius 1 is 0.755 bits per heavy atom. The van der Waals surface area contributed by atoms with Crippen LogP contribution in [0.25, 0.3) is 6.08 Å². The van der Waals surface area contributed by atoms with Gasteiger partial charge in [0.1, 0.15) is 31.0 Å². The Labute approximate surface area is 281 Å². The monoisotopic (exact) mass is 682 g/mol. The van der Waals surface area contributed by atoms with Crippen LogP contribution in [-0.2, 0) is 23.7 Å². The molecule has 9 atom stereocenters. The SMILES string of the molecule is COc1cc([C@H]2OC[C@H]3[C@@H]2CO[C@H]3c2ccc(O[C@@H]3O[C@H](COC(=O)/C=C\c4ccc(O)c(O)c4)[C@@H](O)[C@H](O)[C@H]3O)c(OC)c2)ccc1O. The minimum absolute atomic E-state index is 0.0351. The Hall–Kier alpha value is -4.57. The number of aromatic hydroxyl groups is 3. The summed E-state index contributed by atoms with van der Waals surface area (Å²) in [6, 6.07) is 14.3. The molecule has 0 bridgehead atoms. The van der Waals surface area contributed by atoms with Gasteiger partial charge in [0.25, 0.3) is 0 Å². The average molecular weight is 683 g/mol. The quantitative estimate of drug-likeness (QED) is 0.103. The van der Waals surface area contributed by atoms with Crippen molar-refractivity contribution in [3.05, 3.63) is 77.4 Å². The highest BCUT2D eigenvalue weighted by Gasteiger charge is 2.49. The molecule has 0 unspecified atom stereocenters. The molecule has 0 spiro atoms. The summed E-state index contributed by atoms with van der Waals surface area (Å²) in [4.78, 5) is 12.3. The third-order valence-electron chi connectivity index (χ3n) is 9.03. The van der Waals surface area contributed by atoms with E-state index in [0.717, 1.165) is 17.2 Å². The lowest BCUT2D eigenvalue weighted by Crippen LogP contribution is -2.60. The molecular formula is C35H38O14. The Morgan fingerprint density at radius 2 is 1.39 bits per heavy atom. The second kappa shape index (κ2) is 14.5. The van der Waals surface area contributed by atoms with Crippen molar-refractivity contribution in [2.75, 3.05) is 34.0 Å². The van der Waals surface area contributed by atoms with E-state index in [-0.39, 0.29) is 47.0 Å². The van der Waals surface area contributed by atoms with E-state index in [1.165, 1.54) is 38.5 Å². The Balaban J connectivity index is 1.10. The first kappa shape index (κ1) is 34.3. The molecule has 0 saturated carbocycles. The van der Waals surface area contributed by atoms with Gasteiger partial charge in [0.05, 0.1) is 39.6 Å². The first-order chi connectivity index (χ1) is 23.6. The fraction of sp³-hybridized carbons (Fsp3) is 0.400. The summed E-state index contributed by atoms with van der Waals surface area (Å²) in [5.41, 5.74) is 2.11. The van der Waals surface area contributed by atoms with Crippen LogP contribution in [0.2, 0.25) is 0 Å². The van der Waals surface area contributed by atoms with Gasteiger partial charge in [-0.2, -0.15) is 0 Å². The predicted molar refractivity (Wildman–Crippen MR) is 169 cm³/mol. The molecular weight excluding hydrogens is 644 g/mol. The van der Waals surface area contributed by atoms with Crippen LogP contribution in [0.1, 0.15) is 28.9 Å². The number of esters is 1. The highest BCUT2D eigenvalue weighted by molar-refractivity contribution is 5.87. The molecule has 0 aliphatic carbocycles. The topological polar surface area (TPSA) is 203 Å². The number of benzene rings is 3. The lowest BCUT2D eigenvalue weighted by Gasteiger charge is -2.40. The largest absolute Gasteiger partial charge is 0.504 e. The molecule has 3 heterocycles. The van der Waals surface area contributed by atoms with Crippen LogP contribution in [0.4, 0.5) is 0 Å². The maximum atomic E-state index is 12.3. The van der Waals surface area contributed by atoms with Crippen LogP contribution in [0.3, 0.4) is 0 Å². The Bertz CT molecular complexity index is 1680. The molecule has 14 heteroatoms. The van der Waals surface area contributed by atoms with Crippen molar-refractivity contribution in [2.45, 2.75) is 42.9 Å². The van der Waals surface area contributed by atoms with Crippen molar-refractivity contribution in [1.82, 2.24) is 0 Å². The Kier molecular flexibility index (Phi) is 10.2. The molecule has 3 aromatic carbocycles. The molecule has 3 aliphatic heterocycles. The molecule has 3 aromatic rings. The van der Waals surface area contributed by atoms with E-state index >= 15 is 0 Å². The number of methoxy groups -OCH3 is 2. The van der Waals surface area contributed by atoms with E-state index in [4.69, 9.17) is 33.2 Å². The zero-order valence-corrected chi connectivity index (χ0v) is 26.6. The van der Waals surface area contributed by atoms with Crippen molar-refractivity contribution in [2.24, 2.45) is 11.8 Å². The molecule has 3 aliphatic rings. The van der Waals surface area contributed by atoms with Gasteiger partial charge in [-0.25, -0.2) is 4.79 Å². The lowest BCUT2D eigenvalue weighted by atomic mass is 9.85. The zero-order valence-electron chi connectivity index (χ0n) is 26.6. The standard InChI is InChI=1S/C35H38O14/c1-43-26-12-18(5-8-23(26)37)33-20-14-47-34(21(20)15-46-33)19-6-9-25(27(13-19)44-2)48-35-32(42)31(41)30(40)28(49-35)16-45-29(39)10-4-17-3-7-22(36)24(38)11-17/h3-13,20-21,28,30-38,40-42H,14-16H2,1-2H3/b10-4-/t20-,21-,28+,30+,31-,32+,33+,34-,35+/m0/s1. The Morgan fingerprint density at radius 3 is 2.04 bits per heavy atom. The number of ether oxygens (including phenoxy) is 7. The zero-order chi connectivity index (χ0) is 34.8. The van der Waals surface area contributed by atoms with Crippen LogP contribution in [0, 0.1) is 11.8 Å². The van der Waals surface area contributed by atoms with Gasteiger partial charge in [0.15, 0.2) is 34.5 Å². The van der Waals surface area contributed by atoms with Gasteiger partial charge in [-0.1, -0.05) is 18.2 Å². The van der Waals surface area contributed by atoms with Gasteiger partial charge in [-0.3, -0.25) is 0 Å². The van der Waals surface area contributed by atoms with E-state index in [1.807, 2.05) is 6.07 Å². The molecule has 3 fully saturated rings. The summed E-state index contributed by atoms with van der Waals surface area (Å²) in [5, 5.41) is 60.8. The maximum absolute atomic E-state index is 12.3. The normalized spacial score (nSPS) is 29.4. The molecule has 0 aromatic heterocycles. The second-order valence-electron chi connectivity index (χ2n) is 12.0. The number of phenolic OH excluding ortho intramolecular Hbond substituents is 3. The van der Waals surface area contributed by atoms with Crippen molar-refractivity contribution < 1.29 is 68.6 Å². The number of hydrogen-bond acceptors (Lipinski definition) is 14. The van der Waals surface area contributed by atoms with Crippen LogP contribution in [-0.4, -0.2) is 101 Å². The van der Waals surface area contributed by atoms with Crippen molar-refractivity contribution >= 4 is 12.0 Å². The summed E-state index contributed by atoms with van der Waals surface area (Å²) in [6.07, 6.45) is -5.78. The lowest BCUT2D eigenvalue weighted by molar-refractivity contribution is -0.278. The fourth-order valence-electron chi connectivity index (χ4n) is 6.36. The number of aliphatic hydroxyl groups is 3. The third kappa shape index (κ3) is 7.11. The number of aliphatic hydroxyl groups excluding tert-OH is 3. The third-order valence-corrected chi connectivity index (χ3v) is 9.03. The first-order valence-corrected chi connectivity index (χ1v) is 15.6. The van der Waals surface area contributed by atoms with Crippen molar-refractivity contribution in [3.63, 3.8) is 0 Å². The van der Waals surface area contributed by atoms with Gasteiger partial charge in [0.2, 0.25) is 6.29 Å². The minimum atomic E-state index is -1.68. The second-order valence-corrected chi connectivity index (χ2v) is 12.0. The van der Waals surface area contributed by atoms with E-state index in [0.29, 0.717) is 30.3 Å². The first-order valence-electron chi connectivity index (χ1n) is 15.6. The molecule has 3 saturated heterocycles. The van der Waals surface area contributed by atoms with E-state index < -0.39 is 43.3 Å². The van der Waals surface area contributed by atoms with Crippen molar-refractivity contribution in [3.8, 4) is 34.5 Å². The number of fused-ring (bicyclic) bond motifs is 1. The summed E-state index contributed by atoms with van der Waals surface area (Å²) in [6.45, 7) is 0.426. The number of phenols is 3. The highest BCUT2D eigenvalue weighted by Crippen LogP contribution is 2.51. The number of carbonyl (C=O) groups excluding carboxylic acids is 1. The van der Waals surface area contributed by atoms with E-state index in [1.54, 1.807) is 30.3 Å². The average Bonchev–Trinajstić information content (AvgIpc) is 3.72. The van der Waals surface area contributed by atoms with Crippen molar-refractivity contribution in [1.29, 1.82) is 0 Å². The minimum Gasteiger partial charge on any atom is -0.504 e. The van der Waals surface area contributed by atoms with Gasteiger partial charge < -0.3 is 63.8 Å². The molecule has 0 radical (unpaired) electrons. The summed E-state index contributed by atoms with van der Waals surface area (Å²) >= 11 is 0. The molecule has 14 nitrogen and oxygen atoms in total. The van der Waals surface area contributed by atoms with Crippen LogP contribution >= 0.6 is 0 Å². The molecule has 0 amide bonds. The predicted octanol–water partition coefficient (Wildman–Crippen LogP) is 2.34. The van der Waals surface area contributed by atoms with E-state index in [2.05, 4.69) is 0 Å². The van der Waals surface area contributed by atoms with Crippen LogP contribution in [0.15, 0.2) is 60.7 Å². The molecule has 262 valence electrons. The fourth-order valence-corrected chi connectivity index (χ4v) is 6.36. The van der Waals surface area contributed by atoms with Gasteiger partial charge >= 0.3 is 5.97 Å². The molecule has 6 N–H and O–H groups in total. The van der Waals surface area contributed by atoms with E-state index in [9.17, 15) is 35.4 Å². The van der Waals surface area contributed by atoms with Gasteiger partial charge in [-0.15, -0.1) is 0 Å². The maximum Gasteiger partial charge on any atom is 0.330 e. The summed E-state index contributed by atoms with van der Waals surface area (Å²) < 4.78 is 40.1. The summed E-state index contributed by atoms with van der Waals surface area (Å²) in [7, 11) is 2.94. The summed E-state index contributed by atoms with van der Waals surface area (Å²) in [5.74, 6) is -0.489. The smallest absolute Gasteiger partial charge is 0.330 e. The van der Waals surface area contributed by atoms with Crippen LogP contribution in [0.5, 0.6) is 34.5 Å². The van der Waals surface area contributed by atoms with Crippen LogP contribution < -0.4 is 14.2 Å². The molecule has 6 rings (SSSR count). The number of carbonyl (C=O) groups is 1. The van der Waals surface area contributed by atoms with Gasteiger partial charge in [-0.05, 0) is 59.2 Å². The van der Waals surface area contributed by atoms with Gasteiger partial charge in [0, 0.05) is 17.9 Å². The number of rotatable bonds is 10.